The number of hydrogen-bond donors (Lipinski definition) is 2. The van der Waals surface area contributed by atoms with E-state index in [-0.39, 0.29) is 27.1 Å². The van der Waals surface area contributed by atoms with Gasteiger partial charge in [-0.15, -0.1) is 5.10 Å². The Hall–Kier alpha value is -2.69. The molecule has 0 amide bonds. The van der Waals surface area contributed by atoms with E-state index < -0.39 is 33.6 Å². The van der Waals surface area contributed by atoms with Crippen LogP contribution in [0.4, 0.5) is 4.39 Å². The molecule has 3 rings (SSSR count). The van der Waals surface area contributed by atoms with Crippen molar-refractivity contribution in [2.45, 2.75) is 37.6 Å². The summed E-state index contributed by atoms with van der Waals surface area (Å²) in [6.07, 6.45) is 0. The number of sulfonamides is 1. The van der Waals surface area contributed by atoms with Gasteiger partial charge in [-0.1, -0.05) is 24.6 Å². The van der Waals surface area contributed by atoms with Crippen LogP contribution in [-0.2, 0) is 10.0 Å². The molecular weight excluding hydrogens is 449 g/mol. The lowest BCUT2D eigenvalue weighted by molar-refractivity contribution is 0.374. The molecule has 31 heavy (non-hydrogen) atoms. The predicted molar refractivity (Wildman–Crippen MR) is 112 cm³/mol. The van der Waals surface area contributed by atoms with Gasteiger partial charge in [0.1, 0.15) is 22.5 Å². The Morgan fingerprint density at radius 1 is 1.26 bits per heavy atom. The van der Waals surface area contributed by atoms with Crippen molar-refractivity contribution in [1.82, 2.24) is 14.9 Å². The van der Waals surface area contributed by atoms with Crippen molar-refractivity contribution >= 4 is 21.6 Å². The minimum absolute atomic E-state index is 0.0211. The summed E-state index contributed by atoms with van der Waals surface area (Å²) in [4.78, 5) is 11.4. The number of methoxy groups -OCH3 is 1. The minimum atomic E-state index is -4.22. The Morgan fingerprint density at radius 2 is 1.97 bits per heavy atom. The van der Waals surface area contributed by atoms with Gasteiger partial charge in [0.05, 0.1) is 7.11 Å². The number of aromatic amines is 1. The highest BCUT2D eigenvalue weighted by Crippen LogP contribution is 2.36. The molecule has 0 saturated heterocycles. The molecule has 3 aromatic rings. The highest BCUT2D eigenvalue weighted by molar-refractivity contribution is 7.89. The number of aryl methyl sites for hydroxylation is 1. The largest absolute Gasteiger partial charge is 0.495 e. The van der Waals surface area contributed by atoms with Crippen molar-refractivity contribution in [2.24, 2.45) is 0 Å². The van der Waals surface area contributed by atoms with Gasteiger partial charge in [0.25, 0.3) is 0 Å². The molecule has 0 spiro atoms. The van der Waals surface area contributed by atoms with E-state index in [1.54, 1.807) is 19.9 Å². The lowest BCUT2D eigenvalue weighted by atomic mass is 9.88. The van der Waals surface area contributed by atoms with E-state index in [1.807, 2.05) is 6.92 Å². The first-order chi connectivity index (χ1) is 14.5. The van der Waals surface area contributed by atoms with Crippen LogP contribution in [0.2, 0.25) is 5.02 Å². The molecule has 0 saturated carbocycles. The summed E-state index contributed by atoms with van der Waals surface area (Å²) in [5, 5.41) is 6.17. The molecule has 166 valence electrons. The first-order valence-electron chi connectivity index (χ1n) is 9.22. The number of hydrogen-bond acceptors (Lipinski definition) is 6. The highest BCUT2D eigenvalue weighted by Gasteiger charge is 2.34. The average Bonchev–Trinajstić information content (AvgIpc) is 3.14. The monoisotopic (exact) mass is 469 g/mol. The highest BCUT2D eigenvalue weighted by atomic mass is 35.5. The number of H-pyrrole nitrogens is 1. The van der Waals surface area contributed by atoms with Gasteiger partial charge in [0.15, 0.2) is 0 Å². The number of nitrogens with one attached hydrogen (secondary N) is 2. The van der Waals surface area contributed by atoms with Crippen LogP contribution in [0.5, 0.6) is 5.75 Å². The molecule has 0 fully saturated rings. The molecule has 0 radical (unpaired) electrons. The maximum atomic E-state index is 14.7. The summed E-state index contributed by atoms with van der Waals surface area (Å²) in [6.45, 7) is 5.17. The SMILES string of the molecule is COc1cc(Cl)ccc1S(=O)(=O)NC(c1n[nH]c(=O)o1)C(C)c1c(F)ccc(C)c1C. The van der Waals surface area contributed by atoms with Crippen LogP contribution in [0.15, 0.2) is 44.4 Å². The topological polar surface area (TPSA) is 114 Å². The van der Waals surface area contributed by atoms with Crippen molar-refractivity contribution in [3.63, 3.8) is 0 Å². The van der Waals surface area contributed by atoms with Gasteiger partial charge in [-0.3, -0.25) is 0 Å². The fourth-order valence-corrected chi connectivity index (χ4v) is 4.95. The molecule has 1 heterocycles. The fraction of sp³-hybridized carbons (Fsp3) is 0.300. The first-order valence-corrected chi connectivity index (χ1v) is 11.1. The van der Waals surface area contributed by atoms with E-state index in [2.05, 4.69) is 14.9 Å². The molecule has 8 nitrogen and oxygen atoms in total. The second kappa shape index (κ2) is 8.81. The zero-order valence-corrected chi connectivity index (χ0v) is 18.8. The smallest absolute Gasteiger partial charge is 0.434 e. The molecule has 2 N–H and O–H groups in total. The van der Waals surface area contributed by atoms with E-state index in [0.717, 1.165) is 5.56 Å². The van der Waals surface area contributed by atoms with Crippen LogP contribution < -0.4 is 15.2 Å². The van der Waals surface area contributed by atoms with Crippen LogP contribution in [-0.4, -0.2) is 25.7 Å². The van der Waals surface area contributed by atoms with E-state index >= 15 is 0 Å². The van der Waals surface area contributed by atoms with Gasteiger partial charge < -0.3 is 9.15 Å². The van der Waals surface area contributed by atoms with Crippen LogP contribution in [0.25, 0.3) is 0 Å². The summed E-state index contributed by atoms with van der Waals surface area (Å²) >= 11 is 5.93. The standard InChI is InChI=1S/C20H21ClFN3O5S/c1-10-5-7-14(22)17(11(10)2)12(3)18(19-23-24-20(26)30-19)25-31(27,28)16-8-6-13(21)9-15(16)29-4/h5-9,12,18,25H,1-4H3,(H,24,26). The number of nitrogens with zero attached hydrogens (tertiary/aromatic N) is 1. The molecule has 0 aliphatic heterocycles. The third-order valence-corrected chi connectivity index (χ3v) is 6.82. The maximum absolute atomic E-state index is 14.7. The average molecular weight is 470 g/mol. The van der Waals surface area contributed by atoms with Crippen LogP contribution in [0.3, 0.4) is 0 Å². The fourth-order valence-electron chi connectivity index (χ4n) is 3.36. The van der Waals surface area contributed by atoms with Crippen molar-refractivity contribution in [3.05, 3.63) is 74.3 Å². The zero-order valence-electron chi connectivity index (χ0n) is 17.2. The predicted octanol–water partition coefficient (Wildman–Crippen LogP) is 3.60. The van der Waals surface area contributed by atoms with E-state index in [9.17, 15) is 17.6 Å². The molecule has 0 aliphatic carbocycles. The molecule has 11 heteroatoms. The molecular formula is C20H21ClFN3O5S. The summed E-state index contributed by atoms with van der Waals surface area (Å²) in [7, 11) is -2.91. The van der Waals surface area contributed by atoms with Crippen LogP contribution in [0, 0.1) is 19.7 Å². The van der Waals surface area contributed by atoms with Gasteiger partial charge in [0, 0.05) is 17.0 Å². The number of benzene rings is 2. The number of halogens is 2. The Kier molecular flexibility index (Phi) is 6.54. The van der Waals surface area contributed by atoms with Gasteiger partial charge >= 0.3 is 5.76 Å². The molecule has 2 aromatic carbocycles. The normalized spacial score (nSPS) is 13.7. The van der Waals surface area contributed by atoms with E-state index in [1.165, 1.54) is 31.4 Å². The van der Waals surface area contributed by atoms with Crippen molar-refractivity contribution in [1.29, 1.82) is 0 Å². The lowest BCUT2D eigenvalue weighted by Crippen LogP contribution is -2.33. The summed E-state index contributed by atoms with van der Waals surface area (Å²) < 4.78 is 53.8. The molecule has 2 atom stereocenters. The van der Waals surface area contributed by atoms with Crippen molar-refractivity contribution in [2.75, 3.05) is 7.11 Å². The summed E-state index contributed by atoms with van der Waals surface area (Å²) in [5.74, 6) is -2.36. The quantitative estimate of drug-likeness (QED) is 0.546. The van der Waals surface area contributed by atoms with Gasteiger partial charge in [-0.25, -0.2) is 22.7 Å². The Bertz CT molecular complexity index is 1270. The van der Waals surface area contributed by atoms with Crippen LogP contribution in [0.1, 0.15) is 41.5 Å². The molecule has 0 bridgehead atoms. The first kappa shape index (κ1) is 23.0. The Balaban J connectivity index is 2.12. The molecule has 1 aromatic heterocycles. The second-order valence-electron chi connectivity index (χ2n) is 7.04. The van der Waals surface area contributed by atoms with Crippen molar-refractivity contribution < 1.29 is 22.0 Å². The lowest BCUT2D eigenvalue weighted by Gasteiger charge is -2.25. The summed E-state index contributed by atoms with van der Waals surface area (Å²) in [5.41, 5.74) is 1.76. The van der Waals surface area contributed by atoms with Crippen LogP contribution >= 0.6 is 11.6 Å². The summed E-state index contributed by atoms with van der Waals surface area (Å²) in [6, 6.07) is 5.78. The third kappa shape index (κ3) is 4.65. The minimum Gasteiger partial charge on any atom is -0.495 e. The Labute approximate surface area is 183 Å². The zero-order chi connectivity index (χ0) is 22.9. The van der Waals surface area contributed by atoms with Crippen molar-refractivity contribution in [3.8, 4) is 5.75 Å². The third-order valence-electron chi connectivity index (χ3n) is 5.11. The molecule has 0 aliphatic rings. The number of ether oxygens (including phenoxy) is 1. The van der Waals surface area contributed by atoms with E-state index in [0.29, 0.717) is 5.56 Å². The van der Waals surface area contributed by atoms with Gasteiger partial charge in [-0.05, 0) is 48.7 Å². The Morgan fingerprint density at radius 3 is 2.58 bits per heavy atom. The van der Waals surface area contributed by atoms with Gasteiger partial charge in [0.2, 0.25) is 15.9 Å². The maximum Gasteiger partial charge on any atom is 0.434 e. The second-order valence-corrected chi connectivity index (χ2v) is 9.16. The molecule has 2 unspecified atom stereocenters. The van der Waals surface area contributed by atoms with Gasteiger partial charge in [-0.2, -0.15) is 4.72 Å². The number of rotatable bonds is 7. The number of aromatic nitrogens is 2. The van der Waals surface area contributed by atoms with E-state index in [4.69, 9.17) is 20.8 Å².